The van der Waals surface area contributed by atoms with Crippen LogP contribution in [0.1, 0.15) is 15.9 Å². The number of carbonyl (C=O) groups is 3. The van der Waals surface area contributed by atoms with Gasteiger partial charge in [-0.05, 0) is 30.3 Å². The molecule has 7 nitrogen and oxygen atoms in total. The largest absolute Gasteiger partial charge is 0.454 e. The van der Waals surface area contributed by atoms with E-state index < -0.39 is 36.8 Å². The zero-order valence-corrected chi connectivity index (χ0v) is 14.5. The number of amides is 2. The van der Waals surface area contributed by atoms with Crippen molar-refractivity contribution in [2.45, 2.75) is 0 Å². The normalized spacial score (nSPS) is 9.81. The lowest BCUT2D eigenvalue weighted by atomic mass is 10.2. The van der Waals surface area contributed by atoms with Crippen molar-refractivity contribution in [3.05, 3.63) is 64.4 Å². The maximum Gasteiger partial charge on any atom is 0.325 e. The first-order chi connectivity index (χ1) is 12.9. The molecule has 0 unspecified atom stereocenters. The molecule has 0 aromatic heterocycles. The van der Waals surface area contributed by atoms with E-state index in [1.54, 1.807) is 0 Å². The van der Waals surface area contributed by atoms with Gasteiger partial charge in [0.05, 0.1) is 16.1 Å². The van der Waals surface area contributed by atoms with Crippen molar-refractivity contribution in [2.75, 3.05) is 18.5 Å². The van der Waals surface area contributed by atoms with Gasteiger partial charge in [-0.2, -0.15) is 5.26 Å². The van der Waals surface area contributed by atoms with Crippen LogP contribution in [0, 0.1) is 17.1 Å². The van der Waals surface area contributed by atoms with Crippen LogP contribution in [0.25, 0.3) is 0 Å². The van der Waals surface area contributed by atoms with Crippen molar-refractivity contribution in [3.63, 3.8) is 0 Å². The Labute approximate surface area is 158 Å². The van der Waals surface area contributed by atoms with Crippen molar-refractivity contribution in [1.82, 2.24) is 5.32 Å². The topological polar surface area (TPSA) is 108 Å². The number of carbonyl (C=O) groups excluding carboxylic acids is 3. The minimum Gasteiger partial charge on any atom is -0.454 e. The Bertz CT molecular complexity index is 927. The van der Waals surface area contributed by atoms with Gasteiger partial charge < -0.3 is 15.4 Å². The van der Waals surface area contributed by atoms with Gasteiger partial charge in [0, 0.05) is 5.69 Å². The third kappa shape index (κ3) is 5.80. The lowest BCUT2D eigenvalue weighted by Crippen LogP contribution is -2.32. The standard InChI is InChI=1S/C18H13ClFN3O4/c19-14-7-12(6-5-11(14)8-21)23-16(24)10-27-17(25)9-22-18(26)13-3-1-2-4-15(13)20/h1-7H,9-10H2,(H,22,26)(H,23,24). The van der Waals surface area contributed by atoms with Crippen LogP contribution >= 0.6 is 11.6 Å². The smallest absolute Gasteiger partial charge is 0.325 e. The molecule has 138 valence electrons. The zero-order chi connectivity index (χ0) is 19.8. The highest BCUT2D eigenvalue weighted by molar-refractivity contribution is 6.32. The summed E-state index contributed by atoms with van der Waals surface area (Å²) in [5.74, 6) is -3.00. The molecule has 0 saturated heterocycles. The van der Waals surface area contributed by atoms with Gasteiger partial charge in [0.15, 0.2) is 6.61 Å². The Hall–Kier alpha value is -3.44. The van der Waals surface area contributed by atoms with Gasteiger partial charge in [-0.1, -0.05) is 23.7 Å². The molecule has 27 heavy (non-hydrogen) atoms. The maximum atomic E-state index is 13.4. The van der Waals surface area contributed by atoms with Gasteiger partial charge in [-0.25, -0.2) is 4.39 Å². The first-order valence-electron chi connectivity index (χ1n) is 7.58. The molecule has 2 amide bonds. The fourth-order valence-electron chi connectivity index (χ4n) is 1.97. The second kappa shape index (κ2) is 9.31. The molecule has 0 spiro atoms. The van der Waals surface area contributed by atoms with E-state index in [0.29, 0.717) is 5.69 Å². The second-order valence-corrected chi connectivity index (χ2v) is 5.59. The Morgan fingerprint density at radius 2 is 1.93 bits per heavy atom. The summed E-state index contributed by atoms with van der Waals surface area (Å²) in [6, 6.07) is 11.5. The predicted octanol–water partition coefficient (Wildman–Crippen LogP) is 2.26. The Balaban J connectivity index is 1.77. The molecule has 2 N–H and O–H groups in total. The van der Waals surface area contributed by atoms with Crippen LogP contribution in [0.3, 0.4) is 0 Å². The molecule has 2 rings (SSSR count). The van der Waals surface area contributed by atoms with Gasteiger partial charge in [-0.15, -0.1) is 0 Å². The Morgan fingerprint density at radius 1 is 1.19 bits per heavy atom. The van der Waals surface area contributed by atoms with E-state index in [-0.39, 0.29) is 16.1 Å². The Kier molecular flexibility index (Phi) is 6.86. The molecule has 0 aliphatic rings. The zero-order valence-electron chi connectivity index (χ0n) is 13.8. The number of anilines is 1. The van der Waals surface area contributed by atoms with Crippen molar-refractivity contribution in [2.24, 2.45) is 0 Å². The average molecular weight is 390 g/mol. The highest BCUT2D eigenvalue weighted by Crippen LogP contribution is 2.20. The molecule has 0 atom stereocenters. The highest BCUT2D eigenvalue weighted by atomic mass is 35.5. The molecule has 2 aromatic rings. The summed E-state index contributed by atoms with van der Waals surface area (Å²) in [7, 11) is 0. The van der Waals surface area contributed by atoms with E-state index in [9.17, 15) is 18.8 Å². The molecule has 0 radical (unpaired) electrons. The molecule has 0 aliphatic carbocycles. The van der Waals surface area contributed by atoms with E-state index in [1.807, 2.05) is 6.07 Å². The number of esters is 1. The van der Waals surface area contributed by atoms with Crippen LogP contribution in [0.2, 0.25) is 5.02 Å². The van der Waals surface area contributed by atoms with Gasteiger partial charge in [0.2, 0.25) is 0 Å². The molecular weight excluding hydrogens is 377 g/mol. The van der Waals surface area contributed by atoms with Crippen LogP contribution in [-0.4, -0.2) is 30.9 Å². The lowest BCUT2D eigenvalue weighted by Gasteiger charge is -2.08. The molecule has 0 saturated carbocycles. The first-order valence-corrected chi connectivity index (χ1v) is 7.96. The fourth-order valence-corrected chi connectivity index (χ4v) is 2.19. The van der Waals surface area contributed by atoms with Crippen LogP contribution in [-0.2, 0) is 14.3 Å². The van der Waals surface area contributed by atoms with Crippen LogP contribution in [0.15, 0.2) is 42.5 Å². The van der Waals surface area contributed by atoms with Gasteiger partial charge in [-0.3, -0.25) is 14.4 Å². The van der Waals surface area contributed by atoms with E-state index in [0.717, 1.165) is 6.07 Å². The predicted molar refractivity (Wildman–Crippen MR) is 94.5 cm³/mol. The summed E-state index contributed by atoms with van der Waals surface area (Å²) >= 11 is 5.85. The Morgan fingerprint density at radius 3 is 2.59 bits per heavy atom. The number of halogens is 2. The molecule has 0 heterocycles. The molecule has 0 aliphatic heterocycles. The molecular formula is C18H13ClFN3O4. The molecule has 9 heteroatoms. The van der Waals surface area contributed by atoms with E-state index in [1.165, 1.54) is 36.4 Å². The first kappa shape index (κ1) is 19.9. The van der Waals surface area contributed by atoms with Crippen molar-refractivity contribution in [1.29, 1.82) is 5.26 Å². The van der Waals surface area contributed by atoms with E-state index >= 15 is 0 Å². The number of nitrogens with one attached hydrogen (secondary N) is 2. The summed E-state index contributed by atoms with van der Waals surface area (Å²) in [6.45, 7) is -1.12. The van der Waals surface area contributed by atoms with Crippen molar-refractivity contribution in [3.8, 4) is 6.07 Å². The number of benzene rings is 2. The van der Waals surface area contributed by atoms with Gasteiger partial charge in [0.25, 0.3) is 11.8 Å². The number of rotatable bonds is 6. The third-order valence-corrected chi connectivity index (χ3v) is 3.56. The minimum absolute atomic E-state index is 0.170. The van der Waals surface area contributed by atoms with Gasteiger partial charge >= 0.3 is 5.97 Å². The summed E-state index contributed by atoms with van der Waals surface area (Å²) in [6.07, 6.45) is 0. The van der Waals surface area contributed by atoms with Crippen LogP contribution in [0.4, 0.5) is 10.1 Å². The average Bonchev–Trinajstić information content (AvgIpc) is 2.65. The minimum atomic E-state index is -0.868. The summed E-state index contributed by atoms with van der Waals surface area (Å²) in [5.41, 5.74) is 0.375. The number of hydrogen-bond acceptors (Lipinski definition) is 5. The summed E-state index contributed by atoms with van der Waals surface area (Å²) in [5, 5.41) is 13.6. The lowest BCUT2D eigenvalue weighted by molar-refractivity contribution is -0.146. The van der Waals surface area contributed by atoms with E-state index in [4.69, 9.17) is 21.6 Å². The number of ether oxygens (including phenoxy) is 1. The monoisotopic (exact) mass is 389 g/mol. The number of nitriles is 1. The van der Waals surface area contributed by atoms with Crippen LogP contribution < -0.4 is 10.6 Å². The second-order valence-electron chi connectivity index (χ2n) is 5.18. The van der Waals surface area contributed by atoms with E-state index in [2.05, 4.69) is 10.6 Å². The highest BCUT2D eigenvalue weighted by Gasteiger charge is 2.13. The molecule has 0 fully saturated rings. The summed E-state index contributed by atoms with van der Waals surface area (Å²) in [4.78, 5) is 35.1. The molecule has 2 aromatic carbocycles. The SMILES string of the molecule is N#Cc1ccc(NC(=O)COC(=O)CNC(=O)c2ccccc2F)cc1Cl. The number of nitrogens with zero attached hydrogens (tertiary/aromatic N) is 1. The van der Waals surface area contributed by atoms with Crippen molar-refractivity contribution >= 4 is 35.1 Å². The number of hydrogen-bond donors (Lipinski definition) is 2. The summed E-state index contributed by atoms with van der Waals surface area (Å²) < 4.78 is 18.2. The third-order valence-electron chi connectivity index (χ3n) is 3.25. The molecule has 0 bridgehead atoms. The fraction of sp³-hybridized carbons (Fsp3) is 0.111. The van der Waals surface area contributed by atoms with Gasteiger partial charge in [0.1, 0.15) is 18.4 Å². The maximum absolute atomic E-state index is 13.4. The van der Waals surface area contributed by atoms with Crippen LogP contribution in [0.5, 0.6) is 0 Å². The van der Waals surface area contributed by atoms with Crippen molar-refractivity contribution < 1.29 is 23.5 Å². The quantitative estimate of drug-likeness (QED) is 0.737.